The molecular formula is C10H12F2O. The monoisotopic (exact) mass is 186 g/mol. The summed E-state index contributed by atoms with van der Waals surface area (Å²) in [6.45, 7) is 5.14. The Morgan fingerprint density at radius 2 is 1.69 bits per heavy atom. The summed E-state index contributed by atoms with van der Waals surface area (Å²) in [7, 11) is 0. The maximum absolute atomic E-state index is 13.2. The zero-order valence-corrected chi connectivity index (χ0v) is 7.86. The third-order valence-electron chi connectivity index (χ3n) is 1.82. The van der Waals surface area contributed by atoms with Crippen molar-refractivity contribution < 1.29 is 13.9 Å². The molecule has 0 aromatic heterocycles. The van der Waals surface area contributed by atoms with Crippen molar-refractivity contribution in [2.75, 3.05) is 0 Å². The van der Waals surface area contributed by atoms with Crippen LogP contribution in [-0.4, -0.2) is 5.11 Å². The molecule has 3 heteroatoms. The van der Waals surface area contributed by atoms with Gasteiger partial charge in [-0.15, -0.1) is 0 Å². The maximum atomic E-state index is 13.2. The largest absolute Gasteiger partial charge is 0.508 e. The molecule has 13 heavy (non-hydrogen) atoms. The smallest absolute Gasteiger partial charge is 0.166 e. The van der Waals surface area contributed by atoms with Crippen LogP contribution in [0, 0.1) is 11.6 Å². The van der Waals surface area contributed by atoms with E-state index in [-0.39, 0.29) is 11.3 Å². The van der Waals surface area contributed by atoms with E-state index in [0.29, 0.717) is 0 Å². The van der Waals surface area contributed by atoms with Crippen LogP contribution in [-0.2, 0) is 5.41 Å². The highest BCUT2D eigenvalue weighted by molar-refractivity contribution is 5.38. The molecule has 0 saturated carbocycles. The molecule has 1 aromatic rings. The first kappa shape index (κ1) is 9.96. The van der Waals surface area contributed by atoms with Crippen molar-refractivity contribution >= 4 is 0 Å². The Balaban J connectivity index is 3.43. The molecule has 0 unspecified atom stereocenters. The van der Waals surface area contributed by atoms with Crippen LogP contribution in [0.5, 0.6) is 5.75 Å². The van der Waals surface area contributed by atoms with Gasteiger partial charge in [0.1, 0.15) is 5.75 Å². The molecule has 0 amide bonds. The fourth-order valence-electron chi connectivity index (χ4n) is 1.25. The lowest BCUT2D eigenvalue weighted by atomic mass is 9.86. The van der Waals surface area contributed by atoms with Crippen LogP contribution >= 0.6 is 0 Å². The second-order valence-electron chi connectivity index (χ2n) is 4.01. The lowest BCUT2D eigenvalue weighted by Crippen LogP contribution is -2.14. The zero-order valence-electron chi connectivity index (χ0n) is 7.86. The van der Waals surface area contributed by atoms with Gasteiger partial charge in [0.05, 0.1) is 0 Å². The van der Waals surface area contributed by atoms with E-state index in [1.807, 2.05) is 0 Å². The number of aromatic hydroxyl groups is 1. The van der Waals surface area contributed by atoms with E-state index in [1.54, 1.807) is 20.8 Å². The number of rotatable bonds is 0. The van der Waals surface area contributed by atoms with E-state index in [2.05, 4.69) is 0 Å². The summed E-state index contributed by atoms with van der Waals surface area (Å²) in [4.78, 5) is 0. The Labute approximate surface area is 76.0 Å². The minimum atomic E-state index is -0.965. The van der Waals surface area contributed by atoms with Crippen LogP contribution in [0.3, 0.4) is 0 Å². The summed E-state index contributed by atoms with van der Waals surface area (Å²) in [6.07, 6.45) is 0. The van der Waals surface area contributed by atoms with E-state index in [4.69, 9.17) is 0 Å². The molecule has 0 atom stereocenters. The summed E-state index contributed by atoms with van der Waals surface area (Å²) in [5, 5.41) is 9.34. The minimum absolute atomic E-state index is 0.0208. The molecule has 0 heterocycles. The number of benzene rings is 1. The first-order valence-electron chi connectivity index (χ1n) is 4.01. The van der Waals surface area contributed by atoms with Crippen molar-refractivity contribution in [2.24, 2.45) is 0 Å². The normalized spacial score (nSPS) is 11.8. The summed E-state index contributed by atoms with van der Waals surface area (Å²) >= 11 is 0. The van der Waals surface area contributed by atoms with E-state index in [1.165, 1.54) is 6.07 Å². The quantitative estimate of drug-likeness (QED) is 0.660. The van der Waals surface area contributed by atoms with E-state index >= 15 is 0 Å². The number of hydrogen-bond donors (Lipinski definition) is 1. The van der Waals surface area contributed by atoms with Gasteiger partial charge in [0.2, 0.25) is 0 Å². The highest BCUT2D eigenvalue weighted by Crippen LogP contribution is 2.33. The first-order valence-corrected chi connectivity index (χ1v) is 4.01. The van der Waals surface area contributed by atoms with Gasteiger partial charge in [0.15, 0.2) is 11.6 Å². The summed E-state index contributed by atoms with van der Waals surface area (Å²) in [5.74, 6) is -2.10. The van der Waals surface area contributed by atoms with Crippen LogP contribution in [0.25, 0.3) is 0 Å². The molecule has 0 bridgehead atoms. The fraction of sp³-hybridized carbons (Fsp3) is 0.400. The van der Waals surface area contributed by atoms with Gasteiger partial charge in [-0.2, -0.15) is 0 Å². The Kier molecular flexibility index (Phi) is 2.28. The van der Waals surface area contributed by atoms with Crippen molar-refractivity contribution in [2.45, 2.75) is 26.2 Å². The summed E-state index contributed by atoms with van der Waals surface area (Å²) in [6, 6.07) is 2.08. The molecule has 0 aliphatic heterocycles. The molecule has 0 radical (unpaired) electrons. The maximum Gasteiger partial charge on any atom is 0.166 e. The van der Waals surface area contributed by atoms with Crippen LogP contribution in [0.2, 0.25) is 0 Å². The number of hydrogen-bond acceptors (Lipinski definition) is 1. The fourth-order valence-corrected chi connectivity index (χ4v) is 1.25. The lowest BCUT2D eigenvalue weighted by Gasteiger charge is -2.20. The van der Waals surface area contributed by atoms with Gasteiger partial charge in [-0.05, 0) is 17.5 Å². The third kappa shape index (κ3) is 1.79. The van der Waals surface area contributed by atoms with Gasteiger partial charge in [-0.25, -0.2) is 8.78 Å². The van der Waals surface area contributed by atoms with Crippen LogP contribution in [0.1, 0.15) is 26.3 Å². The van der Waals surface area contributed by atoms with Crippen molar-refractivity contribution in [1.82, 2.24) is 0 Å². The molecule has 1 rings (SSSR count). The Bertz CT molecular complexity index is 326. The van der Waals surface area contributed by atoms with Gasteiger partial charge in [0.25, 0.3) is 0 Å². The van der Waals surface area contributed by atoms with Crippen molar-refractivity contribution in [3.05, 3.63) is 29.3 Å². The Hall–Kier alpha value is -1.12. The SMILES string of the molecule is CC(C)(C)c1c(O)ccc(F)c1F. The minimum Gasteiger partial charge on any atom is -0.508 e. The molecule has 0 saturated heterocycles. The number of halogens is 2. The molecule has 0 aliphatic rings. The van der Waals surface area contributed by atoms with Crippen LogP contribution < -0.4 is 0 Å². The highest BCUT2D eigenvalue weighted by Gasteiger charge is 2.24. The van der Waals surface area contributed by atoms with Gasteiger partial charge >= 0.3 is 0 Å². The molecule has 0 spiro atoms. The van der Waals surface area contributed by atoms with Crippen molar-refractivity contribution in [3.63, 3.8) is 0 Å². The van der Waals surface area contributed by atoms with Gasteiger partial charge < -0.3 is 5.11 Å². The van der Waals surface area contributed by atoms with E-state index in [0.717, 1.165) is 6.07 Å². The van der Waals surface area contributed by atoms with E-state index in [9.17, 15) is 13.9 Å². The van der Waals surface area contributed by atoms with Gasteiger partial charge in [0, 0.05) is 5.56 Å². The lowest BCUT2D eigenvalue weighted by molar-refractivity contribution is 0.410. The second kappa shape index (κ2) is 2.98. The first-order chi connectivity index (χ1) is 5.84. The predicted octanol–water partition coefficient (Wildman–Crippen LogP) is 2.97. The summed E-state index contributed by atoms with van der Waals surface area (Å²) < 4.78 is 26.0. The Morgan fingerprint density at radius 1 is 1.15 bits per heavy atom. The molecule has 1 N–H and O–H groups in total. The number of phenolic OH excluding ortho intramolecular Hbond substituents is 1. The van der Waals surface area contributed by atoms with E-state index < -0.39 is 17.0 Å². The molecule has 0 aliphatic carbocycles. The standard InChI is InChI=1S/C10H12F2O/c1-10(2,3)8-7(13)5-4-6(11)9(8)12/h4-5,13H,1-3H3. The molecule has 1 nitrogen and oxygen atoms in total. The average molecular weight is 186 g/mol. The summed E-state index contributed by atoms with van der Waals surface area (Å²) in [5.41, 5.74) is -0.580. The van der Waals surface area contributed by atoms with Crippen LogP contribution in [0.15, 0.2) is 12.1 Å². The predicted molar refractivity (Wildman–Crippen MR) is 46.7 cm³/mol. The topological polar surface area (TPSA) is 20.2 Å². The molecule has 1 aromatic carbocycles. The number of phenols is 1. The molecule has 0 fully saturated rings. The molecule has 72 valence electrons. The highest BCUT2D eigenvalue weighted by atomic mass is 19.2. The second-order valence-corrected chi connectivity index (χ2v) is 4.01. The Morgan fingerprint density at radius 3 is 2.08 bits per heavy atom. The van der Waals surface area contributed by atoms with Crippen LogP contribution in [0.4, 0.5) is 8.78 Å². The van der Waals surface area contributed by atoms with Crippen molar-refractivity contribution in [1.29, 1.82) is 0 Å². The van der Waals surface area contributed by atoms with Gasteiger partial charge in [-0.3, -0.25) is 0 Å². The molecular weight excluding hydrogens is 174 g/mol. The van der Waals surface area contributed by atoms with Gasteiger partial charge in [-0.1, -0.05) is 20.8 Å². The third-order valence-corrected chi connectivity index (χ3v) is 1.82. The zero-order chi connectivity index (χ0) is 10.2. The van der Waals surface area contributed by atoms with Crippen molar-refractivity contribution in [3.8, 4) is 5.75 Å². The average Bonchev–Trinajstić information content (AvgIpc) is 1.95.